The number of carbonyl (C=O) groups is 1. The predicted octanol–water partition coefficient (Wildman–Crippen LogP) is 2.29. The van der Waals surface area contributed by atoms with E-state index in [1.807, 2.05) is 0 Å². The van der Waals surface area contributed by atoms with Gasteiger partial charge >= 0.3 is 5.97 Å². The monoisotopic (exact) mass is 233 g/mol. The van der Waals surface area contributed by atoms with Gasteiger partial charge in [0.2, 0.25) is 0 Å². The van der Waals surface area contributed by atoms with Gasteiger partial charge in [-0.2, -0.15) is 0 Å². The molecular formula is C12H8FNO3. The third kappa shape index (κ3) is 2.08. The number of rotatable bonds is 2. The van der Waals surface area contributed by atoms with Gasteiger partial charge in [-0.15, -0.1) is 0 Å². The third-order valence-electron chi connectivity index (χ3n) is 2.26. The molecule has 0 aliphatic heterocycles. The first-order valence-electron chi connectivity index (χ1n) is 4.77. The molecule has 0 aliphatic carbocycles. The summed E-state index contributed by atoms with van der Waals surface area (Å²) in [5.41, 5.74) is 0.295. The number of phenols is 1. The van der Waals surface area contributed by atoms with Crippen molar-refractivity contribution >= 4 is 5.97 Å². The quantitative estimate of drug-likeness (QED) is 0.834. The minimum Gasteiger partial charge on any atom is -0.507 e. The van der Waals surface area contributed by atoms with Crippen LogP contribution >= 0.6 is 0 Å². The van der Waals surface area contributed by atoms with Gasteiger partial charge in [0.05, 0.1) is 0 Å². The molecule has 0 bridgehead atoms. The SMILES string of the molecule is O=C(O)c1ncccc1-c1ccc(F)cc1O. The molecule has 1 aromatic carbocycles. The molecule has 2 N–H and O–H groups in total. The third-order valence-corrected chi connectivity index (χ3v) is 2.26. The van der Waals surface area contributed by atoms with E-state index in [0.717, 1.165) is 12.1 Å². The lowest BCUT2D eigenvalue weighted by atomic mass is 10.0. The van der Waals surface area contributed by atoms with E-state index in [-0.39, 0.29) is 22.6 Å². The number of aromatic carboxylic acids is 1. The fourth-order valence-electron chi connectivity index (χ4n) is 1.53. The van der Waals surface area contributed by atoms with E-state index in [0.29, 0.717) is 0 Å². The number of aromatic nitrogens is 1. The highest BCUT2D eigenvalue weighted by Gasteiger charge is 2.15. The van der Waals surface area contributed by atoms with Crippen molar-refractivity contribution in [2.45, 2.75) is 0 Å². The minimum absolute atomic E-state index is 0.186. The van der Waals surface area contributed by atoms with E-state index in [2.05, 4.69) is 4.98 Å². The molecule has 2 rings (SSSR count). The van der Waals surface area contributed by atoms with E-state index in [9.17, 15) is 14.3 Å². The molecule has 5 heteroatoms. The van der Waals surface area contributed by atoms with Crippen molar-refractivity contribution in [3.8, 4) is 16.9 Å². The lowest BCUT2D eigenvalue weighted by Gasteiger charge is -2.07. The molecule has 0 aliphatic rings. The second kappa shape index (κ2) is 4.21. The summed E-state index contributed by atoms with van der Waals surface area (Å²) in [7, 11) is 0. The first kappa shape index (κ1) is 11.1. The number of hydrogen-bond acceptors (Lipinski definition) is 3. The molecule has 0 saturated carbocycles. The van der Waals surface area contributed by atoms with Gasteiger partial charge < -0.3 is 10.2 Å². The minimum atomic E-state index is -1.20. The van der Waals surface area contributed by atoms with E-state index in [4.69, 9.17) is 5.11 Å². The van der Waals surface area contributed by atoms with Gasteiger partial charge in [0, 0.05) is 23.4 Å². The van der Waals surface area contributed by atoms with Crippen molar-refractivity contribution in [2.24, 2.45) is 0 Å². The molecule has 0 saturated heterocycles. The van der Waals surface area contributed by atoms with Crippen molar-refractivity contribution in [1.29, 1.82) is 0 Å². The van der Waals surface area contributed by atoms with Crippen molar-refractivity contribution in [3.05, 3.63) is 48.0 Å². The molecule has 0 unspecified atom stereocenters. The molecule has 17 heavy (non-hydrogen) atoms. The molecule has 0 amide bonds. The molecule has 0 spiro atoms. The van der Waals surface area contributed by atoms with E-state index in [1.165, 1.54) is 18.3 Å². The van der Waals surface area contributed by atoms with Crippen LogP contribution in [0.5, 0.6) is 5.75 Å². The summed E-state index contributed by atoms with van der Waals surface area (Å²) >= 11 is 0. The number of pyridine rings is 1. The number of aromatic hydroxyl groups is 1. The lowest BCUT2D eigenvalue weighted by Crippen LogP contribution is -2.02. The summed E-state index contributed by atoms with van der Waals surface area (Å²) in [5, 5.41) is 18.5. The topological polar surface area (TPSA) is 70.4 Å². The maximum atomic E-state index is 12.8. The van der Waals surface area contributed by atoms with E-state index >= 15 is 0 Å². The largest absolute Gasteiger partial charge is 0.507 e. The molecule has 0 fully saturated rings. The zero-order chi connectivity index (χ0) is 12.4. The van der Waals surface area contributed by atoms with Gasteiger partial charge in [-0.05, 0) is 18.2 Å². The van der Waals surface area contributed by atoms with Crippen LogP contribution in [0.1, 0.15) is 10.5 Å². The Morgan fingerprint density at radius 1 is 1.24 bits per heavy atom. The highest BCUT2D eigenvalue weighted by Crippen LogP contribution is 2.31. The summed E-state index contributed by atoms with van der Waals surface area (Å²) in [5.74, 6) is -2.11. The van der Waals surface area contributed by atoms with Crippen LogP contribution in [0, 0.1) is 5.82 Å². The van der Waals surface area contributed by atoms with Crippen LogP contribution in [0.4, 0.5) is 4.39 Å². The van der Waals surface area contributed by atoms with Gasteiger partial charge in [-0.1, -0.05) is 6.07 Å². The Bertz CT molecular complexity index is 584. The predicted molar refractivity (Wildman–Crippen MR) is 58.3 cm³/mol. The zero-order valence-electron chi connectivity index (χ0n) is 8.59. The maximum absolute atomic E-state index is 12.8. The van der Waals surface area contributed by atoms with Crippen LogP contribution in [-0.4, -0.2) is 21.2 Å². The van der Waals surface area contributed by atoms with Gasteiger partial charge in [-0.25, -0.2) is 14.2 Å². The van der Waals surface area contributed by atoms with Crippen LogP contribution in [0.25, 0.3) is 11.1 Å². The Morgan fingerprint density at radius 3 is 2.65 bits per heavy atom. The number of nitrogens with zero attached hydrogens (tertiary/aromatic N) is 1. The normalized spacial score (nSPS) is 10.2. The highest BCUT2D eigenvalue weighted by atomic mass is 19.1. The van der Waals surface area contributed by atoms with Crippen LogP contribution in [-0.2, 0) is 0 Å². The average Bonchev–Trinajstić information content (AvgIpc) is 2.29. The first-order chi connectivity index (χ1) is 8.09. The lowest BCUT2D eigenvalue weighted by molar-refractivity contribution is 0.0691. The number of benzene rings is 1. The summed E-state index contributed by atoms with van der Waals surface area (Å²) in [4.78, 5) is 14.7. The summed E-state index contributed by atoms with van der Waals surface area (Å²) < 4.78 is 12.8. The van der Waals surface area contributed by atoms with Crippen molar-refractivity contribution in [3.63, 3.8) is 0 Å². The van der Waals surface area contributed by atoms with Crippen molar-refractivity contribution in [1.82, 2.24) is 4.98 Å². The molecule has 1 aromatic heterocycles. The number of phenolic OH excluding ortho intramolecular Hbond substituents is 1. The van der Waals surface area contributed by atoms with Gasteiger partial charge in [0.25, 0.3) is 0 Å². The smallest absolute Gasteiger partial charge is 0.355 e. The second-order valence-electron chi connectivity index (χ2n) is 3.37. The molecule has 1 heterocycles. The van der Waals surface area contributed by atoms with E-state index < -0.39 is 11.8 Å². The number of halogens is 1. The Balaban J connectivity index is 2.64. The Morgan fingerprint density at radius 2 is 2.00 bits per heavy atom. The molecule has 2 aromatic rings. The number of carboxylic acid groups (broad SMARTS) is 1. The Kier molecular flexibility index (Phi) is 2.74. The second-order valence-corrected chi connectivity index (χ2v) is 3.37. The fourth-order valence-corrected chi connectivity index (χ4v) is 1.53. The van der Waals surface area contributed by atoms with Crippen LogP contribution in [0.15, 0.2) is 36.5 Å². The number of hydrogen-bond donors (Lipinski definition) is 2. The summed E-state index contributed by atoms with van der Waals surface area (Å²) in [6, 6.07) is 6.43. The van der Waals surface area contributed by atoms with E-state index in [1.54, 1.807) is 6.07 Å². The van der Waals surface area contributed by atoms with Crippen LogP contribution < -0.4 is 0 Å². The standard InChI is InChI=1S/C12H8FNO3/c13-7-3-4-8(10(15)6-7)9-2-1-5-14-11(9)12(16)17/h1-6,15H,(H,16,17). The van der Waals surface area contributed by atoms with Gasteiger partial charge in [-0.3, -0.25) is 0 Å². The van der Waals surface area contributed by atoms with Crippen LogP contribution in [0.3, 0.4) is 0 Å². The number of carboxylic acids is 1. The summed E-state index contributed by atoms with van der Waals surface area (Å²) in [6.45, 7) is 0. The molecule has 4 nitrogen and oxygen atoms in total. The van der Waals surface area contributed by atoms with Gasteiger partial charge in [0.1, 0.15) is 11.6 Å². The van der Waals surface area contributed by atoms with Gasteiger partial charge in [0.15, 0.2) is 5.69 Å². The van der Waals surface area contributed by atoms with Crippen molar-refractivity contribution < 1.29 is 19.4 Å². The fraction of sp³-hybridized carbons (Fsp3) is 0. The maximum Gasteiger partial charge on any atom is 0.355 e. The zero-order valence-corrected chi connectivity index (χ0v) is 8.59. The molecule has 86 valence electrons. The molecule has 0 radical (unpaired) electrons. The van der Waals surface area contributed by atoms with Crippen LogP contribution in [0.2, 0.25) is 0 Å². The molecule has 0 atom stereocenters. The highest BCUT2D eigenvalue weighted by molar-refractivity contribution is 5.94. The molecular weight excluding hydrogens is 225 g/mol. The Hall–Kier alpha value is -2.43. The average molecular weight is 233 g/mol. The first-order valence-corrected chi connectivity index (χ1v) is 4.77. The summed E-state index contributed by atoms with van der Waals surface area (Å²) in [6.07, 6.45) is 1.34. The Labute approximate surface area is 96.0 Å². The van der Waals surface area contributed by atoms with Crippen molar-refractivity contribution in [2.75, 3.05) is 0 Å².